The lowest BCUT2D eigenvalue weighted by molar-refractivity contribution is 0.238. The third-order valence-corrected chi connectivity index (χ3v) is 3.81. The van der Waals surface area contributed by atoms with E-state index in [2.05, 4.69) is 28.7 Å². The highest BCUT2D eigenvalue weighted by Crippen LogP contribution is 2.35. The van der Waals surface area contributed by atoms with Crippen LogP contribution in [0.25, 0.3) is 0 Å². The first-order valence-electron chi connectivity index (χ1n) is 5.96. The largest absolute Gasteiger partial charge is 0.368 e. The van der Waals surface area contributed by atoms with Gasteiger partial charge in [0, 0.05) is 19.3 Å². The summed E-state index contributed by atoms with van der Waals surface area (Å²) in [5.74, 6) is 1.33. The Kier molecular flexibility index (Phi) is 2.99. The molecule has 4 heteroatoms. The molecule has 1 aromatic heterocycles. The zero-order valence-corrected chi connectivity index (χ0v) is 10.1. The van der Waals surface area contributed by atoms with Crippen molar-refractivity contribution in [3.63, 3.8) is 0 Å². The van der Waals surface area contributed by atoms with Crippen LogP contribution in [0, 0.1) is 5.41 Å². The summed E-state index contributed by atoms with van der Waals surface area (Å²) in [6.07, 6.45) is 5.44. The first-order chi connectivity index (χ1) is 7.63. The molecule has 0 bridgehead atoms. The Bertz CT molecular complexity index is 356. The van der Waals surface area contributed by atoms with E-state index >= 15 is 0 Å². The summed E-state index contributed by atoms with van der Waals surface area (Å²) in [4.78, 5) is 10.5. The molecule has 2 N–H and O–H groups in total. The van der Waals surface area contributed by atoms with Crippen molar-refractivity contribution in [1.82, 2.24) is 9.97 Å². The average Bonchev–Trinajstić information content (AvgIpc) is 2.30. The third kappa shape index (κ3) is 2.26. The molecule has 0 atom stereocenters. The van der Waals surface area contributed by atoms with Gasteiger partial charge in [0.1, 0.15) is 5.82 Å². The van der Waals surface area contributed by atoms with Gasteiger partial charge < -0.3 is 10.6 Å². The van der Waals surface area contributed by atoms with Crippen LogP contribution < -0.4 is 10.6 Å². The Labute approximate surface area is 96.9 Å². The van der Waals surface area contributed by atoms with Gasteiger partial charge in [-0.1, -0.05) is 20.3 Å². The molecular weight excluding hydrogens is 200 g/mol. The molecule has 0 aliphatic carbocycles. The van der Waals surface area contributed by atoms with E-state index in [-0.39, 0.29) is 0 Å². The molecule has 4 nitrogen and oxygen atoms in total. The molecule has 16 heavy (non-hydrogen) atoms. The maximum Gasteiger partial charge on any atom is 0.221 e. The van der Waals surface area contributed by atoms with Gasteiger partial charge in [0.15, 0.2) is 0 Å². The Morgan fingerprint density at radius 1 is 1.44 bits per heavy atom. The van der Waals surface area contributed by atoms with Gasteiger partial charge in [-0.3, -0.25) is 0 Å². The molecule has 0 spiro atoms. The molecule has 2 rings (SSSR count). The SMILES string of the molecule is CCC1(C)CCN(c2ccnc(N)n2)CC1. The van der Waals surface area contributed by atoms with Gasteiger partial charge in [0.2, 0.25) is 5.95 Å². The number of anilines is 2. The van der Waals surface area contributed by atoms with Crippen LogP contribution in [0.15, 0.2) is 12.3 Å². The maximum atomic E-state index is 5.60. The smallest absolute Gasteiger partial charge is 0.221 e. The number of hydrogen-bond acceptors (Lipinski definition) is 4. The van der Waals surface area contributed by atoms with Gasteiger partial charge in [-0.15, -0.1) is 0 Å². The molecule has 2 heterocycles. The van der Waals surface area contributed by atoms with Crippen molar-refractivity contribution in [2.24, 2.45) is 5.41 Å². The summed E-state index contributed by atoms with van der Waals surface area (Å²) >= 11 is 0. The average molecular weight is 220 g/mol. The van der Waals surface area contributed by atoms with Gasteiger partial charge >= 0.3 is 0 Å². The zero-order chi connectivity index (χ0) is 11.6. The van der Waals surface area contributed by atoms with Crippen molar-refractivity contribution >= 4 is 11.8 Å². The lowest BCUT2D eigenvalue weighted by Gasteiger charge is -2.39. The molecule has 0 unspecified atom stereocenters. The highest BCUT2D eigenvalue weighted by Gasteiger charge is 2.28. The van der Waals surface area contributed by atoms with Gasteiger partial charge in [0.25, 0.3) is 0 Å². The van der Waals surface area contributed by atoms with Crippen LogP contribution in [0.2, 0.25) is 0 Å². The summed E-state index contributed by atoms with van der Waals surface area (Å²) in [6.45, 7) is 6.79. The number of nitrogens with zero attached hydrogens (tertiary/aromatic N) is 3. The topological polar surface area (TPSA) is 55.0 Å². The summed E-state index contributed by atoms with van der Waals surface area (Å²) in [5.41, 5.74) is 6.10. The minimum Gasteiger partial charge on any atom is -0.368 e. The van der Waals surface area contributed by atoms with E-state index in [1.165, 1.54) is 19.3 Å². The molecular formula is C12H20N4. The van der Waals surface area contributed by atoms with Gasteiger partial charge in [-0.25, -0.2) is 4.98 Å². The van der Waals surface area contributed by atoms with Crippen LogP contribution >= 0.6 is 0 Å². The standard InChI is InChI=1S/C12H20N4/c1-3-12(2)5-8-16(9-6-12)10-4-7-14-11(13)15-10/h4,7H,3,5-6,8-9H2,1-2H3,(H2,13,14,15). The summed E-state index contributed by atoms with van der Waals surface area (Å²) < 4.78 is 0. The Morgan fingerprint density at radius 3 is 2.69 bits per heavy atom. The van der Waals surface area contributed by atoms with Crippen LogP contribution in [0.4, 0.5) is 11.8 Å². The number of aromatic nitrogens is 2. The first kappa shape index (κ1) is 11.2. The summed E-state index contributed by atoms with van der Waals surface area (Å²) in [6, 6.07) is 1.94. The molecule has 1 aliphatic rings. The molecule has 1 saturated heterocycles. The molecule has 88 valence electrons. The van der Waals surface area contributed by atoms with Crippen molar-refractivity contribution in [3.8, 4) is 0 Å². The lowest BCUT2D eigenvalue weighted by atomic mass is 9.78. The highest BCUT2D eigenvalue weighted by molar-refractivity contribution is 5.41. The first-order valence-corrected chi connectivity index (χ1v) is 5.96. The second-order valence-electron chi connectivity index (χ2n) is 4.92. The minimum atomic E-state index is 0.362. The van der Waals surface area contributed by atoms with Crippen LogP contribution in [0.5, 0.6) is 0 Å². The molecule has 0 amide bonds. The van der Waals surface area contributed by atoms with Crippen LogP contribution in [0.3, 0.4) is 0 Å². The Hall–Kier alpha value is -1.32. The summed E-state index contributed by atoms with van der Waals surface area (Å²) in [7, 11) is 0. The van der Waals surface area contributed by atoms with Crippen LogP contribution in [0.1, 0.15) is 33.1 Å². The second kappa shape index (κ2) is 4.28. The monoisotopic (exact) mass is 220 g/mol. The Balaban J connectivity index is 2.04. The van der Waals surface area contributed by atoms with Crippen molar-refractivity contribution in [3.05, 3.63) is 12.3 Å². The van der Waals surface area contributed by atoms with Crippen LogP contribution in [-0.4, -0.2) is 23.1 Å². The fourth-order valence-electron chi connectivity index (χ4n) is 2.17. The van der Waals surface area contributed by atoms with E-state index in [4.69, 9.17) is 5.73 Å². The van der Waals surface area contributed by atoms with E-state index in [9.17, 15) is 0 Å². The predicted molar refractivity (Wildman–Crippen MR) is 66.3 cm³/mol. The number of hydrogen-bond donors (Lipinski definition) is 1. The molecule has 1 fully saturated rings. The van der Waals surface area contributed by atoms with Crippen LogP contribution in [-0.2, 0) is 0 Å². The number of rotatable bonds is 2. The van der Waals surface area contributed by atoms with Crippen molar-refractivity contribution in [2.75, 3.05) is 23.7 Å². The molecule has 1 aliphatic heterocycles. The third-order valence-electron chi connectivity index (χ3n) is 3.81. The number of nitrogen functional groups attached to an aromatic ring is 1. The number of nitrogens with two attached hydrogens (primary N) is 1. The molecule has 1 aromatic rings. The van der Waals surface area contributed by atoms with E-state index in [1.807, 2.05) is 6.07 Å². The van der Waals surface area contributed by atoms with Gasteiger partial charge in [-0.05, 0) is 24.3 Å². The van der Waals surface area contributed by atoms with Gasteiger partial charge in [-0.2, -0.15) is 4.98 Å². The minimum absolute atomic E-state index is 0.362. The van der Waals surface area contributed by atoms with Gasteiger partial charge in [0.05, 0.1) is 0 Å². The fourth-order valence-corrected chi connectivity index (χ4v) is 2.17. The number of piperidine rings is 1. The molecule has 0 radical (unpaired) electrons. The van der Waals surface area contributed by atoms with Crippen molar-refractivity contribution in [2.45, 2.75) is 33.1 Å². The van der Waals surface area contributed by atoms with E-state index in [0.717, 1.165) is 18.9 Å². The van der Waals surface area contributed by atoms with E-state index < -0.39 is 0 Å². The highest BCUT2D eigenvalue weighted by atomic mass is 15.2. The molecule has 0 saturated carbocycles. The normalized spacial score (nSPS) is 19.8. The van der Waals surface area contributed by atoms with Crippen molar-refractivity contribution in [1.29, 1.82) is 0 Å². The van der Waals surface area contributed by atoms with E-state index in [1.54, 1.807) is 6.20 Å². The molecule has 0 aromatic carbocycles. The maximum absolute atomic E-state index is 5.60. The lowest BCUT2D eigenvalue weighted by Crippen LogP contribution is -2.38. The van der Waals surface area contributed by atoms with E-state index in [0.29, 0.717) is 11.4 Å². The second-order valence-corrected chi connectivity index (χ2v) is 4.92. The fraction of sp³-hybridized carbons (Fsp3) is 0.667. The van der Waals surface area contributed by atoms with Crippen molar-refractivity contribution < 1.29 is 0 Å². The zero-order valence-electron chi connectivity index (χ0n) is 10.1. The quantitative estimate of drug-likeness (QED) is 0.829. The summed E-state index contributed by atoms with van der Waals surface area (Å²) in [5, 5.41) is 0. The Morgan fingerprint density at radius 2 is 2.12 bits per heavy atom. The predicted octanol–water partition coefficient (Wildman–Crippen LogP) is 2.08.